The molecule has 0 amide bonds. The number of nitrogens with zero attached hydrogens (tertiary/aromatic N) is 1. The predicted octanol–water partition coefficient (Wildman–Crippen LogP) is 7.82. The van der Waals surface area contributed by atoms with Crippen molar-refractivity contribution in [2.75, 3.05) is 31.5 Å². The first-order valence-electron chi connectivity index (χ1n) is 14.2. The van der Waals surface area contributed by atoms with Gasteiger partial charge in [0.25, 0.3) is 0 Å². The molecule has 0 aromatic heterocycles. The number of unbranched alkanes of at least 4 members (excludes halogenated alkanes) is 7. The van der Waals surface area contributed by atoms with Gasteiger partial charge in [-0.1, -0.05) is 81.0 Å². The Kier molecular flexibility index (Phi) is 21.2. The number of benzene rings is 2. The number of aliphatic hydroxyl groups is 1. The molecule has 1 aliphatic heterocycles. The van der Waals surface area contributed by atoms with Gasteiger partial charge in [-0.15, -0.1) is 37.2 Å². The molecule has 3 rings (SSSR count). The largest absolute Gasteiger partial charge is 0.387 e. The molecular formula is C31H52Cl3N3O. The zero-order valence-electron chi connectivity index (χ0n) is 23.2. The van der Waals surface area contributed by atoms with Gasteiger partial charge in [0.1, 0.15) is 0 Å². The fraction of sp³-hybridized carbons (Fsp3) is 0.613. The first-order valence-corrected chi connectivity index (χ1v) is 14.2. The summed E-state index contributed by atoms with van der Waals surface area (Å²) in [6.45, 7) is 6.17. The molecule has 2 aromatic rings. The molecule has 4 N–H and O–H groups in total. The summed E-state index contributed by atoms with van der Waals surface area (Å²) in [5.41, 5.74) is 9.16. The predicted molar refractivity (Wildman–Crippen MR) is 172 cm³/mol. The lowest BCUT2D eigenvalue weighted by Crippen LogP contribution is -2.43. The van der Waals surface area contributed by atoms with Crippen LogP contribution in [0, 0.1) is 5.92 Å². The molecule has 0 spiro atoms. The number of anilines is 1. The highest BCUT2D eigenvalue weighted by molar-refractivity contribution is 5.86. The lowest BCUT2D eigenvalue weighted by Gasteiger charge is -2.38. The van der Waals surface area contributed by atoms with Gasteiger partial charge in [0.15, 0.2) is 0 Å². The molecule has 7 heteroatoms. The molecule has 0 bridgehead atoms. The summed E-state index contributed by atoms with van der Waals surface area (Å²) < 4.78 is 0. The summed E-state index contributed by atoms with van der Waals surface area (Å²) in [4.78, 5) is 2.47. The summed E-state index contributed by atoms with van der Waals surface area (Å²) in [6.07, 6.45) is 13.5. The molecule has 38 heavy (non-hydrogen) atoms. The maximum atomic E-state index is 11.0. The second kappa shape index (κ2) is 21.8. The molecule has 2 aromatic carbocycles. The first kappa shape index (κ1) is 37.0. The van der Waals surface area contributed by atoms with Gasteiger partial charge in [0, 0.05) is 18.3 Å². The van der Waals surface area contributed by atoms with Crippen LogP contribution < -0.4 is 11.1 Å². The van der Waals surface area contributed by atoms with Crippen molar-refractivity contribution in [1.29, 1.82) is 0 Å². The number of hydrogen-bond donors (Lipinski definition) is 3. The standard InChI is InChI=1S/C31H49N3O.3ClH/c1-26(34-23-19-28(20-24-34)25-27-13-9-8-10-14-27)31(35)29-15-17-30(18-16-29)33-22-12-7-5-3-2-4-6-11-21-32;;;/h8-10,13-18,26,28,31,33,35H,2-7,11-12,19-25,32H2,1H3;3*1H/t26-,31+;;;/m1.../s1. The van der Waals surface area contributed by atoms with E-state index in [1.807, 2.05) is 0 Å². The third kappa shape index (κ3) is 13.4. The number of piperidine rings is 1. The Labute approximate surface area is 250 Å². The van der Waals surface area contributed by atoms with E-state index < -0.39 is 6.10 Å². The highest BCUT2D eigenvalue weighted by atomic mass is 35.5. The molecule has 0 saturated carbocycles. The van der Waals surface area contributed by atoms with Crippen molar-refractivity contribution in [1.82, 2.24) is 4.90 Å². The lowest BCUT2D eigenvalue weighted by atomic mass is 9.89. The van der Waals surface area contributed by atoms with Crippen molar-refractivity contribution >= 4 is 42.9 Å². The van der Waals surface area contributed by atoms with Gasteiger partial charge in [-0.2, -0.15) is 0 Å². The zero-order chi connectivity index (χ0) is 24.7. The van der Waals surface area contributed by atoms with Crippen LogP contribution in [-0.4, -0.2) is 42.2 Å². The Morgan fingerprint density at radius 2 is 1.37 bits per heavy atom. The highest BCUT2D eigenvalue weighted by Crippen LogP contribution is 2.28. The van der Waals surface area contributed by atoms with Gasteiger partial charge in [-0.3, -0.25) is 4.90 Å². The molecule has 0 aliphatic carbocycles. The number of hydrogen-bond acceptors (Lipinski definition) is 4. The van der Waals surface area contributed by atoms with Gasteiger partial charge in [0.05, 0.1) is 6.10 Å². The van der Waals surface area contributed by atoms with E-state index in [1.165, 1.54) is 76.2 Å². The van der Waals surface area contributed by atoms with E-state index >= 15 is 0 Å². The van der Waals surface area contributed by atoms with Crippen LogP contribution in [0.2, 0.25) is 0 Å². The zero-order valence-corrected chi connectivity index (χ0v) is 25.7. The summed E-state index contributed by atoms with van der Waals surface area (Å²) in [5.74, 6) is 0.754. The Hall–Kier alpha value is -1.01. The van der Waals surface area contributed by atoms with Crippen LogP contribution in [0.5, 0.6) is 0 Å². The summed E-state index contributed by atoms with van der Waals surface area (Å²) >= 11 is 0. The maximum absolute atomic E-state index is 11.0. The van der Waals surface area contributed by atoms with E-state index in [4.69, 9.17) is 5.73 Å². The van der Waals surface area contributed by atoms with Gasteiger partial charge < -0.3 is 16.2 Å². The third-order valence-electron chi connectivity index (χ3n) is 7.76. The highest BCUT2D eigenvalue weighted by Gasteiger charge is 2.27. The molecule has 2 atom stereocenters. The van der Waals surface area contributed by atoms with Crippen LogP contribution in [0.4, 0.5) is 5.69 Å². The van der Waals surface area contributed by atoms with Crippen LogP contribution >= 0.6 is 37.2 Å². The minimum Gasteiger partial charge on any atom is -0.387 e. The van der Waals surface area contributed by atoms with E-state index in [-0.39, 0.29) is 43.3 Å². The fourth-order valence-electron chi connectivity index (χ4n) is 5.35. The topological polar surface area (TPSA) is 61.5 Å². The Morgan fingerprint density at radius 1 is 0.816 bits per heavy atom. The van der Waals surface area contributed by atoms with E-state index in [0.717, 1.165) is 43.3 Å². The lowest BCUT2D eigenvalue weighted by molar-refractivity contribution is 0.0373. The van der Waals surface area contributed by atoms with Gasteiger partial charge in [0.2, 0.25) is 0 Å². The van der Waals surface area contributed by atoms with Crippen molar-refractivity contribution in [3.8, 4) is 0 Å². The van der Waals surface area contributed by atoms with Crippen molar-refractivity contribution in [3.63, 3.8) is 0 Å². The second-order valence-electron chi connectivity index (χ2n) is 10.5. The van der Waals surface area contributed by atoms with Crippen LogP contribution in [0.3, 0.4) is 0 Å². The van der Waals surface area contributed by atoms with E-state index in [2.05, 4.69) is 71.7 Å². The molecule has 1 fully saturated rings. The fourth-order valence-corrected chi connectivity index (χ4v) is 5.35. The SMILES string of the molecule is C[C@H]([C@H](O)c1ccc(NCCCCCCCCCCN)cc1)N1CCC(Cc2ccccc2)CC1.Cl.Cl.Cl. The molecule has 0 unspecified atom stereocenters. The molecule has 1 saturated heterocycles. The average molecular weight is 589 g/mol. The van der Waals surface area contributed by atoms with Crippen LogP contribution in [0.25, 0.3) is 0 Å². The molecule has 4 nitrogen and oxygen atoms in total. The van der Waals surface area contributed by atoms with Gasteiger partial charge in [-0.05, 0) is 87.8 Å². The third-order valence-corrected chi connectivity index (χ3v) is 7.76. The number of nitrogens with two attached hydrogens (primary N) is 1. The van der Waals surface area contributed by atoms with Crippen molar-refractivity contribution in [2.24, 2.45) is 11.7 Å². The molecule has 1 heterocycles. The number of likely N-dealkylation sites (tertiary alicyclic amines) is 1. The maximum Gasteiger partial charge on any atom is 0.0942 e. The van der Waals surface area contributed by atoms with E-state index in [9.17, 15) is 5.11 Å². The van der Waals surface area contributed by atoms with E-state index in [0.29, 0.717) is 0 Å². The smallest absolute Gasteiger partial charge is 0.0942 e. The Morgan fingerprint density at radius 3 is 1.95 bits per heavy atom. The van der Waals surface area contributed by atoms with Crippen molar-refractivity contribution in [2.45, 2.75) is 89.7 Å². The average Bonchev–Trinajstić information content (AvgIpc) is 2.90. The van der Waals surface area contributed by atoms with Crippen LogP contribution in [0.15, 0.2) is 54.6 Å². The number of aliphatic hydroxyl groups excluding tert-OH is 1. The summed E-state index contributed by atoms with van der Waals surface area (Å²) in [7, 11) is 0. The summed E-state index contributed by atoms with van der Waals surface area (Å²) in [5, 5.41) is 14.6. The molecule has 0 radical (unpaired) electrons. The van der Waals surface area contributed by atoms with E-state index in [1.54, 1.807) is 0 Å². The monoisotopic (exact) mass is 587 g/mol. The minimum absolute atomic E-state index is 0. The second-order valence-corrected chi connectivity index (χ2v) is 10.5. The van der Waals surface area contributed by atoms with Gasteiger partial charge in [-0.25, -0.2) is 0 Å². The molecule has 1 aliphatic rings. The number of nitrogens with one attached hydrogen (secondary N) is 1. The van der Waals surface area contributed by atoms with Gasteiger partial charge >= 0.3 is 0 Å². The minimum atomic E-state index is -0.445. The first-order chi connectivity index (χ1) is 17.2. The normalized spacial score (nSPS) is 15.4. The van der Waals surface area contributed by atoms with Crippen LogP contribution in [-0.2, 0) is 6.42 Å². The molecule has 218 valence electrons. The molecular weight excluding hydrogens is 537 g/mol. The van der Waals surface area contributed by atoms with Crippen LogP contribution in [0.1, 0.15) is 88.4 Å². The number of rotatable bonds is 16. The number of halogens is 3. The summed E-state index contributed by atoms with van der Waals surface area (Å²) in [6, 6.07) is 19.4. The van der Waals surface area contributed by atoms with Crippen molar-refractivity contribution < 1.29 is 5.11 Å². The quantitative estimate of drug-likeness (QED) is 0.175. The van der Waals surface area contributed by atoms with Crippen molar-refractivity contribution in [3.05, 3.63) is 65.7 Å². The Balaban J connectivity index is 0.00000456. The Bertz CT molecular complexity index is 802.